The Hall–Kier alpha value is -3.62. The van der Waals surface area contributed by atoms with E-state index in [2.05, 4.69) is 25.8 Å². The first-order valence-corrected chi connectivity index (χ1v) is 9.28. The fourth-order valence-corrected chi connectivity index (χ4v) is 3.00. The molecule has 0 amide bonds. The topological polar surface area (TPSA) is 75.9 Å². The van der Waals surface area contributed by atoms with Crippen molar-refractivity contribution >= 4 is 22.6 Å². The molecule has 0 saturated carbocycles. The van der Waals surface area contributed by atoms with Gasteiger partial charge < -0.3 is 15.1 Å². The number of furan rings is 1. The van der Waals surface area contributed by atoms with E-state index in [-0.39, 0.29) is 0 Å². The largest absolute Gasteiger partial charge is 0.460 e. The van der Waals surface area contributed by atoms with E-state index in [4.69, 9.17) is 4.42 Å². The van der Waals surface area contributed by atoms with Crippen molar-refractivity contribution in [3.8, 4) is 0 Å². The van der Waals surface area contributed by atoms with Crippen LogP contribution in [0.5, 0.6) is 0 Å². The third-order valence-corrected chi connectivity index (χ3v) is 4.49. The number of aromatic nitrogens is 3. The van der Waals surface area contributed by atoms with Gasteiger partial charge in [-0.15, -0.1) is 5.10 Å². The third-order valence-electron chi connectivity index (χ3n) is 4.49. The van der Waals surface area contributed by atoms with Crippen molar-refractivity contribution in [1.29, 1.82) is 0 Å². The molecule has 0 fully saturated rings. The highest BCUT2D eigenvalue weighted by Gasteiger charge is 2.30. The molecule has 3 heterocycles. The first kappa shape index (κ1) is 19.7. The van der Waals surface area contributed by atoms with Crippen LogP contribution < -0.4 is 10.6 Å². The molecule has 154 valence electrons. The molecule has 4 rings (SSSR count). The van der Waals surface area contributed by atoms with Gasteiger partial charge in [0.25, 0.3) is 0 Å². The van der Waals surface area contributed by atoms with Crippen LogP contribution in [0, 0.1) is 0 Å². The summed E-state index contributed by atoms with van der Waals surface area (Å²) in [5.74, 6) is 0.867. The summed E-state index contributed by atoms with van der Waals surface area (Å²) in [6, 6.07) is 14.1. The van der Waals surface area contributed by atoms with Gasteiger partial charge in [0.1, 0.15) is 5.82 Å². The number of nitrogens with one attached hydrogen (secondary N) is 2. The summed E-state index contributed by atoms with van der Waals surface area (Å²) in [7, 11) is 0. The number of rotatable bonds is 7. The standard InChI is InChI=1S/C21H18F3N5O/c22-21(23,24)15-6-7-18(27-13-15)25-9-10-26-20-19-16(8-11-30-19)17(28-29-20)12-14-4-2-1-3-5-14/h1-8,11,13H,9-10,12H2,(H,25,27)(H,26,29). The van der Waals surface area contributed by atoms with Crippen LogP contribution in [-0.2, 0) is 12.6 Å². The monoisotopic (exact) mass is 413 g/mol. The van der Waals surface area contributed by atoms with Crippen LogP contribution in [0.25, 0.3) is 11.0 Å². The van der Waals surface area contributed by atoms with Gasteiger partial charge in [-0.25, -0.2) is 4.98 Å². The molecule has 0 saturated heterocycles. The minimum atomic E-state index is -4.40. The lowest BCUT2D eigenvalue weighted by atomic mass is 10.1. The van der Waals surface area contributed by atoms with E-state index < -0.39 is 11.7 Å². The second-order valence-corrected chi connectivity index (χ2v) is 6.60. The van der Waals surface area contributed by atoms with Crippen molar-refractivity contribution < 1.29 is 17.6 Å². The van der Waals surface area contributed by atoms with E-state index in [0.717, 1.165) is 28.9 Å². The second-order valence-electron chi connectivity index (χ2n) is 6.60. The molecule has 0 unspecified atom stereocenters. The van der Waals surface area contributed by atoms with Crippen LogP contribution >= 0.6 is 0 Å². The van der Waals surface area contributed by atoms with Crippen molar-refractivity contribution in [3.05, 3.63) is 77.8 Å². The predicted molar refractivity (Wildman–Crippen MR) is 107 cm³/mol. The summed E-state index contributed by atoms with van der Waals surface area (Å²) in [4.78, 5) is 3.78. The molecule has 1 aromatic carbocycles. The average Bonchev–Trinajstić information content (AvgIpc) is 3.23. The molecule has 0 atom stereocenters. The highest BCUT2D eigenvalue weighted by Crippen LogP contribution is 2.29. The lowest BCUT2D eigenvalue weighted by Crippen LogP contribution is -2.16. The van der Waals surface area contributed by atoms with Gasteiger partial charge in [-0.05, 0) is 23.8 Å². The molecule has 3 aromatic heterocycles. The SMILES string of the molecule is FC(F)(F)c1ccc(NCCNc2nnc(Cc3ccccc3)c3ccoc23)nc1. The maximum atomic E-state index is 12.6. The van der Waals surface area contributed by atoms with E-state index in [0.29, 0.717) is 36.7 Å². The molecule has 4 aromatic rings. The van der Waals surface area contributed by atoms with Crippen molar-refractivity contribution in [2.45, 2.75) is 12.6 Å². The summed E-state index contributed by atoms with van der Waals surface area (Å²) in [6.07, 6.45) is -1.35. The molecule has 0 radical (unpaired) electrons. The number of halogens is 3. The Balaban J connectivity index is 1.37. The number of benzene rings is 1. The molecule has 6 nitrogen and oxygen atoms in total. The summed E-state index contributed by atoms with van der Waals surface area (Å²) in [6.45, 7) is 0.874. The first-order chi connectivity index (χ1) is 14.5. The van der Waals surface area contributed by atoms with E-state index in [1.165, 1.54) is 6.07 Å². The molecular weight excluding hydrogens is 395 g/mol. The van der Waals surface area contributed by atoms with E-state index in [1.54, 1.807) is 6.26 Å². The van der Waals surface area contributed by atoms with E-state index in [1.807, 2.05) is 36.4 Å². The number of anilines is 2. The summed E-state index contributed by atoms with van der Waals surface area (Å²) in [5, 5.41) is 15.5. The maximum Gasteiger partial charge on any atom is 0.417 e. The van der Waals surface area contributed by atoms with Crippen LogP contribution in [0.2, 0.25) is 0 Å². The van der Waals surface area contributed by atoms with Crippen LogP contribution in [0.3, 0.4) is 0 Å². The smallest absolute Gasteiger partial charge is 0.417 e. The lowest BCUT2D eigenvalue weighted by molar-refractivity contribution is -0.137. The Labute approximate surface area is 170 Å². The molecule has 0 spiro atoms. The number of alkyl halides is 3. The first-order valence-electron chi connectivity index (χ1n) is 9.28. The average molecular weight is 413 g/mol. The Kier molecular flexibility index (Phi) is 5.51. The summed E-state index contributed by atoms with van der Waals surface area (Å²) >= 11 is 0. The third kappa shape index (κ3) is 4.51. The van der Waals surface area contributed by atoms with Gasteiger partial charge in [-0.2, -0.15) is 18.3 Å². The van der Waals surface area contributed by atoms with Crippen molar-refractivity contribution in [1.82, 2.24) is 15.2 Å². The molecule has 0 aliphatic heterocycles. The maximum absolute atomic E-state index is 12.6. The Bertz CT molecular complexity index is 1110. The van der Waals surface area contributed by atoms with Crippen molar-refractivity contribution in [3.63, 3.8) is 0 Å². The fourth-order valence-electron chi connectivity index (χ4n) is 3.00. The normalized spacial score (nSPS) is 11.6. The zero-order valence-corrected chi connectivity index (χ0v) is 15.8. The Morgan fingerprint density at radius 2 is 1.70 bits per heavy atom. The highest BCUT2D eigenvalue weighted by atomic mass is 19.4. The van der Waals surface area contributed by atoms with Crippen molar-refractivity contribution in [2.75, 3.05) is 23.7 Å². The number of hydrogen-bond donors (Lipinski definition) is 2. The molecule has 0 aliphatic carbocycles. The van der Waals surface area contributed by atoms with Gasteiger partial charge in [0, 0.05) is 31.1 Å². The Morgan fingerprint density at radius 3 is 2.43 bits per heavy atom. The van der Waals surface area contributed by atoms with E-state index >= 15 is 0 Å². The highest BCUT2D eigenvalue weighted by molar-refractivity contribution is 5.88. The molecular formula is C21H18F3N5O. The number of hydrogen-bond acceptors (Lipinski definition) is 6. The van der Waals surface area contributed by atoms with Gasteiger partial charge in [0.05, 0.1) is 17.5 Å². The minimum absolute atomic E-state index is 0.359. The quantitative estimate of drug-likeness (QED) is 0.426. The zero-order valence-electron chi connectivity index (χ0n) is 15.8. The number of nitrogens with zero attached hydrogens (tertiary/aromatic N) is 3. The minimum Gasteiger partial charge on any atom is -0.460 e. The fraction of sp³-hybridized carbons (Fsp3) is 0.190. The van der Waals surface area contributed by atoms with Crippen LogP contribution in [0.4, 0.5) is 24.8 Å². The van der Waals surface area contributed by atoms with Gasteiger partial charge in [-0.3, -0.25) is 0 Å². The van der Waals surface area contributed by atoms with Crippen molar-refractivity contribution in [2.24, 2.45) is 0 Å². The molecule has 9 heteroatoms. The van der Waals surface area contributed by atoms with Gasteiger partial charge in [-0.1, -0.05) is 30.3 Å². The summed E-state index contributed by atoms with van der Waals surface area (Å²) < 4.78 is 43.3. The zero-order chi connectivity index (χ0) is 21.0. The lowest BCUT2D eigenvalue weighted by Gasteiger charge is -2.10. The number of fused-ring (bicyclic) bond motifs is 1. The van der Waals surface area contributed by atoms with Gasteiger partial charge in [0.2, 0.25) is 0 Å². The van der Waals surface area contributed by atoms with Crippen LogP contribution in [0.15, 0.2) is 65.4 Å². The van der Waals surface area contributed by atoms with Crippen LogP contribution in [0.1, 0.15) is 16.8 Å². The molecule has 30 heavy (non-hydrogen) atoms. The van der Waals surface area contributed by atoms with Gasteiger partial charge in [0.15, 0.2) is 11.4 Å². The van der Waals surface area contributed by atoms with Crippen LogP contribution in [-0.4, -0.2) is 28.3 Å². The molecule has 0 bridgehead atoms. The second kappa shape index (κ2) is 8.40. The summed E-state index contributed by atoms with van der Waals surface area (Å²) in [5.41, 5.74) is 1.78. The Morgan fingerprint density at radius 1 is 0.900 bits per heavy atom. The molecule has 2 N–H and O–H groups in total. The predicted octanol–water partition coefficient (Wildman–Crippen LogP) is 4.75. The van der Waals surface area contributed by atoms with E-state index in [9.17, 15) is 13.2 Å². The van der Waals surface area contributed by atoms with Gasteiger partial charge >= 0.3 is 6.18 Å². The molecule has 0 aliphatic rings. The number of pyridine rings is 1.